The highest BCUT2D eigenvalue weighted by atomic mass is 19.1. The quantitative estimate of drug-likeness (QED) is 0.519. The first-order valence-electron chi connectivity index (χ1n) is 10.4. The van der Waals surface area contributed by atoms with Crippen LogP contribution in [0, 0.1) is 5.82 Å². The molecule has 1 N–H and O–H groups in total. The van der Waals surface area contributed by atoms with E-state index in [2.05, 4.69) is 20.2 Å². The number of nitrogens with one attached hydrogen (secondary N) is 1. The molecule has 0 saturated carbocycles. The second kappa shape index (κ2) is 9.89. The number of methoxy groups -OCH3 is 2. The summed E-state index contributed by atoms with van der Waals surface area (Å²) in [6.45, 7) is 3.56. The van der Waals surface area contributed by atoms with Gasteiger partial charge in [0.15, 0.2) is 11.5 Å². The first-order chi connectivity index (χ1) is 15.2. The van der Waals surface area contributed by atoms with Gasteiger partial charge >= 0.3 is 0 Å². The molecule has 2 aromatic carbocycles. The van der Waals surface area contributed by atoms with E-state index in [1.165, 1.54) is 18.5 Å². The van der Waals surface area contributed by atoms with Gasteiger partial charge in [-0.15, -0.1) is 0 Å². The first kappa shape index (κ1) is 21.3. The standard InChI is InChI=1S/C23H27FN4O3/c1-29-18-7-9-28(14-18)8-4-10-31-22-12-19-20(13-21(22)30-2)25-15-26-23(19)27-17-6-3-5-16(24)11-17/h3,5-6,11-13,15,18H,4,7-10,14H2,1-2H3,(H,25,26,27)/t18-/m0/s1. The van der Waals surface area contributed by atoms with Gasteiger partial charge in [-0.3, -0.25) is 0 Å². The van der Waals surface area contributed by atoms with Gasteiger partial charge in [0, 0.05) is 43.9 Å². The maximum Gasteiger partial charge on any atom is 0.162 e. The van der Waals surface area contributed by atoms with Crippen LogP contribution in [0.15, 0.2) is 42.7 Å². The Morgan fingerprint density at radius 3 is 2.84 bits per heavy atom. The number of fused-ring (bicyclic) bond motifs is 1. The summed E-state index contributed by atoms with van der Waals surface area (Å²) in [5.74, 6) is 1.50. The van der Waals surface area contributed by atoms with Crippen LogP contribution in [0.4, 0.5) is 15.9 Å². The number of ether oxygens (including phenoxy) is 3. The lowest BCUT2D eigenvalue weighted by atomic mass is 10.2. The van der Waals surface area contributed by atoms with Crippen molar-refractivity contribution in [3.05, 3.63) is 48.5 Å². The molecule has 7 nitrogen and oxygen atoms in total. The highest BCUT2D eigenvalue weighted by Gasteiger charge is 2.21. The summed E-state index contributed by atoms with van der Waals surface area (Å²) in [6.07, 6.45) is 3.78. The summed E-state index contributed by atoms with van der Waals surface area (Å²) < 4.78 is 30.5. The zero-order valence-corrected chi connectivity index (χ0v) is 17.8. The normalized spacial score (nSPS) is 16.5. The van der Waals surface area contributed by atoms with E-state index in [9.17, 15) is 4.39 Å². The number of hydrogen-bond donors (Lipinski definition) is 1. The number of anilines is 2. The average Bonchev–Trinajstić information content (AvgIpc) is 3.24. The third-order valence-electron chi connectivity index (χ3n) is 5.45. The Hall–Kier alpha value is -2.97. The predicted octanol–water partition coefficient (Wildman–Crippen LogP) is 4.01. The average molecular weight is 426 g/mol. The van der Waals surface area contributed by atoms with Crippen LogP contribution in [0.3, 0.4) is 0 Å². The van der Waals surface area contributed by atoms with Gasteiger partial charge in [0.05, 0.1) is 25.3 Å². The molecule has 31 heavy (non-hydrogen) atoms. The molecule has 164 valence electrons. The van der Waals surface area contributed by atoms with E-state index >= 15 is 0 Å². The number of benzene rings is 2. The third-order valence-corrected chi connectivity index (χ3v) is 5.45. The van der Waals surface area contributed by atoms with Crippen molar-refractivity contribution in [1.29, 1.82) is 0 Å². The van der Waals surface area contributed by atoms with Crippen molar-refractivity contribution in [3.63, 3.8) is 0 Å². The topological polar surface area (TPSA) is 68.7 Å². The molecule has 4 rings (SSSR count). The fourth-order valence-electron chi connectivity index (χ4n) is 3.80. The Morgan fingerprint density at radius 2 is 2.06 bits per heavy atom. The van der Waals surface area contributed by atoms with Crippen molar-refractivity contribution in [2.24, 2.45) is 0 Å². The SMILES string of the molecule is COc1cc2ncnc(Nc3cccc(F)c3)c2cc1OCCCN1CC[C@H](OC)C1. The van der Waals surface area contributed by atoms with Crippen LogP contribution >= 0.6 is 0 Å². The van der Waals surface area contributed by atoms with Crippen LogP contribution in [0.2, 0.25) is 0 Å². The van der Waals surface area contributed by atoms with Gasteiger partial charge in [-0.25, -0.2) is 14.4 Å². The van der Waals surface area contributed by atoms with Gasteiger partial charge in [-0.05, 0) is 37.1 Å². The van der Waals surface area contributed by atoms with Crippen molar-refractivity contribution in [1.82, 2.24) is 14.9 Å². The molecule has 0 radical (unpaired) electrons. The van der Waals surface area contributed by atoms with Gasteiger partial charge in [-0.2, -0.15) is 0 Å². The van der Waals surface area contributed by atoms with Gasteiger partial charge in [0.25, 0.3) is 0 Å². The first-order valence-corrected chi connectivity index (χ1v) is 10.4. The van der Waals surface area contributed by atoms with Crippen LogP contribution in [0.1, 0.15) is 12.8 Å². The molecule has 1 saturated heterocycles. The van der Waals surface area contributed by atoms with Crippen molar-refractivity contribution < 1.29 is 18.6 Å². The second-order valence-electron chi connectivity index (χ2n) is 7.53. The zero-order valence-electron chi connectivity index (χ0n) is 17.8. The molecule has 1 atom stereocenters. The molecule has 1 fully saturated rings. The largest absolute Gasteiger partial charge is 0.493 e. The Kier molecular flexibility index (Phi) is 6.79. The lowest BCUT2D eigenvalue weighted by Gasteiger charge is -2.17. The van der Waals surface area contributed by atoms with Crippen molar-refractivity contribution in [2.75, 3.05) is 45.8 Å². The monoisotopic (exact) mass is 426 g/mol. The molecule has 0 aliphatic carbocycles. The minimum Gasteiger partial charge on any atom is -0.493 e. The second-order valence-corrected chi connectivity index (χ2v) is 7.53. The van der Waals surface area contributed by atoms with Gasteiger partial charge in [-0.1, -0.05) is 6.07 Å². The summed E-state index contributed by atoms with van der Waals surface area (Å²) >= 11 is 0. The summed E-state index contributed by atoms with van der Waals surface area (Å²) in [6, 6.07) is 9.94. The molecule has 0 spiro atoms. The molecule has 1 aromatic heterocycles. The molecule has 0 amide bonds. The van der Waals surface area contributed by atoms with Crippen LogP contribution in [0.25, 0.3) is 10.9 Å². The molecule has 1 aliphatic rings. The molecule has 8 heteroatoms. The van der Waals surface area contributed by atoms with Crippen LogP contribution in [-0.2, 0) is 4.74 Å². The van der Waals surface area contributed by atoms with Crippen molar-refractivity contribution in [3.8, 4) is 11.5 Å². The molecule has 0 unspecified atom stereocenters. The van der Waals surface area contributed by atoms with E-state index in [-0.39, 0.29) is 5.82 Å². The summed E-state index contributed by atoms with van der Waals surface area (Å²) in [7, 11) is 3.38. The number of halogens is 1. The third kappa shape index (κ3) is 5.21. The molecular weight excluding hydrogens is 399 g/mol. The van der Waals surface area contributed by atoms with E-state index in [4.69, 9.17) is 14.2 Å². The summed E-state index contributed by atoms with van der Waals surface area (Å²) in [4.78, 5) is 11.1. The summed E-state index contributed by atoms with van der Waals surface area (Å²) in [5.41, 5.74) is 1.32. The molecule has 2 heterocycles. The molecule has 3 aromatic rings. The van der Waals surface area contributed by atoms with Crippen LogP contribution < -0.4 is 14.8 Å². The maximum atomic E-state index is 13.6. The number of aromatic nitrogens is 2. The highest BCUT2D eigenvalue weighted by molar-refractivity contribution is 5.93. The van der Waals surface area contributed by atoms with E-state index in [1.807, 2.05) is 12.1 Å². The van der Waals surface area contributed by atoms with Gasteiger partial charge < -0.3 is 24.4 Å². The number of nitrogens with zero attached hydrogens (tertiary/aromatic N) is 3. The van der Waals surface area contributed by atoms with E-state index in [0.29, 0.717) is 41.2 Å². The molecule has 1 aliphatic heterocycles. The Morgan fingerprint density at radius 1 is 1.16 bits per heavy atom. The minimum absolute atomic E-state index is 0.316. The Bertz CT molecular complexity index is 1030. The molecule has 0 bridgehead atoms. The highest BCUT2D eigenvalue weighted by Crippen LogP contribution is 2.34. The minimum atomic E-state index is -0.316. The van der Waals surface area contributed by atoms with Crippen molar-refractivity contribution >= 4 is 22.4 Å². The number of hydrogen-bond acceptors (Lipinski definition) is 7. The smallest absolute Gasteiger partial charge is 0.162 e. The van der Waals surface area contributed by atoms with E-state index in [0.717, 1.165) is 37.9 Å². The summed E-state index contributed by atoms with van der Waals surface area (Å²) in [5, 5.41) is 3.93. The lowest BCUT2D eigenvalue weighted by Crippen LogP contribution is -2.25. The van der Waals surface area contributed by atoms with Gasteiger partial charge in [0.1, 0.15) is 18.0 Å². The number of rotatable bonds is 9. The van der Waals surface area contributed by atoms with Crippen LogP contribution in [-0.4, -0.2) is 61.4 Å². The van der Waals surface area contributed by atoms with Gasteiger partial charge in [0.2, 0.25) is 0 Å². The lowest BCUT2D eigenvalue weighted by molar-refractivity contribution is 0.107. The number of likely N-dealkylation sites (tertiary alicyclic amines) is 1. The fourth-order valence-corrected chi connectivity index (χ4v) is 3.80. The Balaban J connectivity index is 1.47. The predicted molar refractivity (Wildman–Crippen MR) is 118 cm³/mol. The van der Waals surface area contributed by atoms with E-state index in [1.54, 1.807) is 26.4 Å². The van der Waals surface area contributed by atoms with Crippen molar-refractivity contribution in [2.45, 2.75) is 18.9 Å². The fraction of sp³-hybridized carbons (Fsp3) is 0.391. The van der Waals surface area contributed by atoms with Crippen LogP contribution in [0.5, 0.6) is 11.5 Å². The maximum absolute atomic E-state index is 13.6. The van der Waals surface area contributed by atoms with E-state index < -0.39 is 0 Å². The Labute approximate surface area is 181 Å². The molecular formula is C23H27FN4O3. The zero-order chi connectivity index (χ0) is 21.6.